The first-order chi connectivity index (χ1) is 13.9. The van der Waals surface area contributed by atoms with Crippen molar-refractivity contribution in [3.63, 3.8) is 0 Å². The zero-order chi connectivity index (χ0) is 21.0. The minimum absolute atomic E-state index is 0.0584. The molecule has 7 heteroatoms. The third-order valence-corrected chi connectivity index (χ3v) is 5.15. The molecule has 0 fully saturated rings. The van der Waals surface area contributed by atoms with Gasteiger partial charge in [0.05, 0.1) is 0 Å². The molecule has 2 aromatic carbocycles. The number of benzene rings is 2. The Kier molecular flexibility index (Phi) is 6.16. The lowest BCUT2D eigenvalue weighted by Crippen LogP contribution is -2.51. The van der Waals surface area contributed by atoms with Crippen molar-refractivity contribution in [3.05, 3.63) is 59.7 Å². The Bertz CT molecular complexity index is 882. The molecule has 0 saturated heterocycles. The van der Waals surface area contributed by atoms with Crippen LogP contribution in [0.15, 0.2) is 48.5 Å². The average Bonchev–Trinajstić information content (AvgIpc) is 3.04. The molecule has 1 aliphatic rings. The van der Waals surface area contributed by atoms with E-state index < -0.39 is 30.0 Å². The lowest BCUT2D eigenvalue weighted by atomic mass is 9.98. The number of amides is 3. The van der Waals surface area contributed by atoms with Crippen LogP contribution in [0, 0.1) is 0 Å². The summed E-state index contributed by atoms with van der Waals surface area (Å²) in [5, 5.41) is 5.03. The summed E-state index contributed by atoms with van der Waals surface area (Å²) in [6.07, 6.45) is -0.331. The second kappa shape index (κ2) is 8.77. The topological polar surface area (TPSA) is 111 Å². The van der Waals surface area contributed by atoms with Gasteiger partial charge < -0.3 is 21.1 Å². The summed E-state index contributed by atoms with van der Waals surface area (Å²) in [6, 6.07) is 14.5. The number of rotatable bonds is 7. The summed E-state index contributed by atoms with van der Waals surface area (Å²) in [5.74, 6) is -1.18. The molecule has 0 saturated carbocycles. The molecule has 0 radical (unpaired) electrons. The van der Waals surface area contributed by atoms with Crippen LogP contribution in [-0.2, 0) is 14.3 Å². The van der Waals surface area contributed by atoms with Gasteiger partial charge in [0, 0.05) is 5.92 Å². The van der Waals surface area contributed by atoms with Gasteiger partial charge in [-0.2, -0.15) is 0 Å². The molecule has 2 aromatic rings. The molecule has 3 amide bonds. The van der Waals surface area contributed by atoms with Crippen molar-refractivity contribution in [3.8, 4) is 11.1 Å². The summed E-state index contributed by atoms with van der Waals surface area (Å²) in [4.78, 5) is 35.6. The monoisotopic (exact) mass is 395 g/mol. The van der Waals surface area contributed by atoms with E-state index in [1.807, 2.05) is 36.4 Å². The van der Waals surface area contributed by atoms with Gasteiger partial charge in [-0.25, -0.2) is 4.79 Å². The lowest BCUT2D eigenvalue weighted by Gasteiger charge is -2.20. The number of primary amides is 1. The van der Waals surface area contributed by atoms with Crippen molar-refractivity contribution >= 4 is 17.9 Å². The number of fused-ring (bicyclic) bond motifs is 3. The van der Waals surface area contributed by atoms with E-state index in [-0.39, 0.29) is 12.5 Å². The highest BCUT2D eigenvalue weighted by atomic mass is 16.5. The smallest absolute Gasteiger partial charge is 0.407 e. The van der Waals surface area contributed by atoms with Crippen LogP contribution >= 0.6 is 0 Å². The Labute approximate surface area is 169 Å². The average molecular weight is 395 g/mol. The van der Waals surface area contributed by atoms with Crippen LogP contribution in [0.5, 0.6) is 0 Å². The fourth-order valence-electron chi connectivity index (χ4n) is 3.52. The molecule has 7 nitrogen and oxygen atoms in total. The number of nitrogens with one attached hydrogen (secondary N) is 2. The second-order valence-corrected chi connectivity index (χ2v) is 7.06. The van der Waals surface area contributed by atoms with Crippen molar-refractivity contribution in [1.82, 2.24) is 10.6 Å². The lowest BCUT2D eigenvalue weighted by molar-refractivity contribution is -0.128. The Balaban J connectivity index is 1.63. The van der Waals surface area contributed by atoms with Crippen LogP contribution in [0.25, 0.3) is 11.1 Å². The van der Waals surface area contributed by atoms with Crippen LogP contribution in [0.4, 0.5) is 4.79 Å². The van der Waals surface area contributed by atoms with Crippen LogP contribution in [0.1, 0.15) is 37.3 Å². The minimum Gasteiger partial charge on any atom is -0.449 e. The summed E-state index contributed by atoms with van der Waals surface area (Å²) < 4.78 is 5.45. The van der Waals surface area contributed by atoms with Crippen molar-refractivity contribution in [1.29, 1.82) is 0 Å². The Morgan fingerprint density at radius 2 is 1.55 bits per heavy atom. The predicted octanol–water partition coefficient (Wildman–Crippen LogP) is 2.29. The van der Waals surface area contributed by atoms with Crippen molar-refractivity contribution in [2.24, 2.45) is 5.73 Å². The predicted molar refractivity (Wildman–Crippen MR) is 109 cm³/mol. The first-order valence-electron chi connectivity index (χ1n) is 9.63. The van der Waals surface area contributed by atoms with Crippen LogP contribution in [-0.4, -0.2) is 36.6 Å². The fraction of sp³-hybridized carbons (Fsp3) is 0.318. The van der Waals surface area contributed by atoms with Gasteiger partial charge in [-0.1, -0.05) is 55.5 Å². The normalized spacial score (nSPS) is 14.3. The number of hydrogen-bond acceptors (Lipinski definition) is 4. The van der Waals surface area contributed by atoms with E-state index >= 15 is 0 Å². The number of hydrogen-bond donors (Lipinski definition) is 3. The third-order valence-electron chi connectivity index (χ3n) is 5.15. The van der Waals surface area contributed by atoms with E-state index in [0.717, 1.165) is 22.3 Å². The van der Waals surface area contributed by atoms with Gasteiger partial charge in [-0.3, -0.25) is 9.59 Å². The molecule has 2 atom stereocenters. The maximum Gasteiger partial charge on any atom is 0.407 e. The van der Waals surface area contributed by atoms with E-state index in [1.54, 1.807) is 6.92 Å². The zero-order valence-electron chi connectivity index (χ0n) is 16.5. The molecule has 29 heavy (non-hydrogen) atoms. The number of carbonyl (C=O) groups excluding carboxylic acids is 3. The Hall–Kier alpha value is -3.35. The van der Waals surface area contributed by atoms with Crippen molar-refractivity contribution in [2.45, 2.75) is 38.3 Å². The van der Waals surface area contributed by atoms with Gasteiger partial charge in [0.2, 0.25) is 11.8 Å². The van der Waals surface area contributed by atoms with E-state index in [4.69, 9.17) is 10.5 Å². The Morgan fingerprint density at radius 1 is 1.00 bits per heavy atom. The molecule has 1 unspecified atom stereocenters. The summed E-state index contributed by atoms with van der Waals surface area (Å²) >= 11 is 0. The van der Waals surface area contributed by atoms with E-state index in [9.17, 15) is 14.4 Å². The molecule has 1 aliphatic carbocycles. The number of carbonyl (C=O) groups is 3. The number of alkyl carbamates (subject to hydrolysis) is 1. The summed E-state index contributed by atoms with van der Waals surface area (Å²) in [6.45, 7) is 3.40. The maximum atomic E-state index is 12.3. The molecule has 4 N–H and O–H groups in total. The Morgan fingerprint density at radius 3 is 2.07 bits per heavy atom. The van der Waals surface area contributed by atoms with Gasteiger partial charge in [-0.15, -0.1) is 0 Å². The van der Waals surface area contributed by atoms with Crippen molar-refractivity contribution < 1.29 is 19.1 Å². The molecule has 0 spiro atoms. The van der Waals surface area contributed by atoms with Gasteiger partial charge in [0.1, 0.15) is 18.7 Å². The maximum absolute atomic E-state index is 12.3. The SMILES string of the molecule is CCC(NC(=O)OCC1c2ccccc2-c2ccccc21)C(=O)N[C@@H](C)C(N)=O. The standard InChI is InChI=1S/C22H25N3O4/c1-3-19(21(27)24-13(2)20(23)26)25-22(28)29-12-18-16-10-6-4-8-14(16)15-9-5-7-11-17(15)18/h4-11,13,18-19H,3,12H2,1-2H3,(H2,23,26)(H,24,27)(H,25,28)/t13-,19?/m0/s1. The highest BCUT2D eigenvalue weighted by Gasteiger charge is 2.29. The van der Waals surface area contributed by atoms with Gasteiger partial charge in [-0.05, 0) is 35.6 Å². The quantitative estimate of drug-likeness (QED) is 0.668. The van der Waals surface area contributed by atoms with Crippen LogP contribution in [0.3, 0.4) is 0 Å². The molecule has 0 aliphatic heterocycles. The molecular formula is C22H25N3O4. The number of nitrogens with two attached hydrogens (primary N) is 1. The molecule has 0 bridgehead atoms. The zero-order valence-corrected chi connectivity index (χ0v) is 16.5. The van der Waals surface area contributed by atoms with Gasteiger partial charge in [0.25, 0.3) is 0 Å². The highest BCUT2D eigenvalue weighted by molar-refractivity contribution is 5.90. The van der Waals surface area contributed by atoms with Crippen LogP contribution in [0.2, 0.25) is 0 Å². The second-order valence-electron chi connectivity index (χ2n) is 7.06. The fourth-order valence-corrected chi connectivity index (χ4v) is 3.52. The highest BCUT2D eigenvalue weighted by Crippen LogP contribution is 2.44. The number of ether oxygens (including phenoxy) is 1. The molecule has 3 rings (SSSR count). The van der Waals surface area contributed by atoms with E-state index in [1.165, 1.54) is 6.92 Å². The molecule has 0 aromatic heterocycles. The van der Waals surface area contributed by atoms with E-state index in [0.29, 0.717) is 6.42 Å². The van der Waals surface area contributed by atoms with Gasteiger partial charge >= 0.3 is 6.09 Å². The first kappa shape index (κ1) is 20.4. The third kappa shape index (κ3) is 4.39. The minimum atomic E-state index is -0.819. The van der Waals surface area contributed by atoms with Crippen molar-refractivity contribution in [2.75, 3.05) is 6.61 Å². The summed E-state index contributed by atoms with van der Waals surface area (Å²) in [7, 11) is 0. The molecule has 152 valence electrons. The first-order valence-corrected chi connectivity index (χ1v) is 9.63. The van der Waals surface area contributed by atoms with Gasteiger partial charge in [0.15, 0.2) is 0 Å². The van der Waals surface area contributed by atoms with E-state index in [2.05, 4.69) is 22.8 Å². The largest absolute Gasteiger partial charge is 0.449 e. The van der Waals surface area contributed by atoms with Crippen LogP contribution < -0.4 is 16.4 Å². The molecule has 0 heterocycles. The summed E-state index contributed by atoms with van der Waals surface area (Å²) in [5.41, 5.74) is 9.67. The molecular weight excluding hydrogens is 370 g/mol.